The van der Waals surface area contributed by atoms with E-state index in [9.17, 15) is 4.79 Å². The van der Waals surface area contributed by atoms with E-state index in [-0.39, 0.29) is 12.5 Å². The minimum Gasteiger partial charge on any atom is -0.493 e. The van der Waals surface area contributed by atoms with E-state index in [1.807, 2.05) is 42.8 Å². The van der Waals surface area contributed by atoms with Gasteiger partial charge in [0, 0.05) is 12.2 Å². The number of amides is 1. The molecule has 1 amide bonds. The number of carbonyl (C=O) groups is 1. The highest BCUT2D eigenvalue weighted by molar-refractivity contribution is 7.22. The van der Waals surface area contributed by atoms with Crippen molar-refractivity contribution in [1.82, 2.24) is 14.8 Å². The third kappa shape index (κ3) is 5.07. The third-order valence-electron chi connectivity index (χ3n) is 5.65. The van der Waals surface area contributed by atoms with Gasteiger partial charge in [-0.1, -0.05) is 49.4 Å². The Balaban J connectivity index is 1.62. The average Bonchev–Trinajstić information content (AvgIpc) is 3.39. The molecule has 0 aliphatic heterocycles. The fourth-order valence-corrected chi connectivity index (χ4v) is 4.96. The number of anilines is 1. The van der Waals surface area contributed by atoms with Crippen LogP contribution in [-0.2, 0) is 11.3 Å². The summed E-state index contributed by atoms with van der Waals surface area (Å²) in [6, 6.07) is 15.5. The van der Waals surface area contributed by atoms with Gasteiger partial charge in [0.25, 0.3) is 5.91 Å². The zero-order valence-electron chi connectivity index (χ0n) is 20.2. The molecule has 2 aromatic carbocycles. The number of aryl methyl sites for hydroxylation is 2. The molecular weight excluding hydrogens is 448 g/mol. The predicted octanol–water partition coefficient (Wildman–Crippen LogP) is 5.35. The van der Waals surface area contributed by atoms with Gasteiger partial charge in [-0.2, -0.15) is 5.10 Å². The Hall–Kier alpha value is -3.39. The zero-order chi connectivity index (χ0) is 24.2. The normalized spacial score (nSPS) is 11.2. The van der Waals surface area contributed by atoms with Crippen LogP contribution in [-0.4, -0.2) is 40.9 Å². The second-order valence-corrected chi connectivity index (χ2v) is 9.49. The van der Waals surface area contributed by atoms with Crippen molar-refractivity contribution in [2.75, 3.05) is 25.2 Å². The third-order valence-corrected chi connectivity index (χ3v) is 6.70. The van der Waals surface area contributed by atoms with Gasteiger partial charge >= 0.3 is 0 Å². The molecule has 0 saturated carbocycles. The van der Waals surface area contributed by atoms with E-state index in [2.05, 4.69) is 31.1 Å². The minimum atomic E-state index is -0.169. The molecule has 4 aromatic rings. The number of methoxy groups -OCH3 is 1. The van der Waals surface area contributed by atoms with Crippen LogP contribution in [0.3, 0.4) is 0 Å². The highest BCUT2D eigenvalue weighted by Crippen LogP contribution is 2.34. The van der Waals surface area contributed by atoms with Crippen LogP contribution in [0, 0.1) is 13.8 Å². The van der Waals surface area contributed by atoms with Crippen LogP contribution in [0.1, 0.15) is 36.7 Å². The van der Waals surface area contributed by atoms with Crippen LogP contribution in [0.5, 0.6) is 11.5 Å². The highest BCUT2D eigenvalue weighted by atomic mass is 32.1. The molecule has 0 unspecified atom stereocenters. The number of ether oxygens (including phenoxy) is 2. The quantitative estimate of drug-likeness (QED) is 0.324. The van der Waals surface area contributed by atoms with Gasteiger partial charge in [0.15, 0.2) is 23.2 Å². The van der Waals surface area contributed by atoms with Crippen LogP contribution in [0.2, 0.25) is 0 Å². The van der Waals surface area contributed by atoms with Gasteiger partial charge in [-0.25, -0.2) is 4.98 Å². The fraction of sp³-hybridized carbons (Fsp3) is 0.346. The van der Waals surface area contributed by atoms with Crippen molar-refractivity contribution in [1.29, 1.82) is 0 Å². The summed E-state index contributed by atoms with van der Waals surface area (Å²) in [7, 11) is 1.58. The second kappa shape index (κ2) is 10.3. The predicted molar refractivity (Wildman–Crippen MR) is 136 cm³/mol. The smallest absolute Gasteiger partial charge is 0.266 e. The number of benzene rings is 2. The largest absolute Gasteiger partial charge is 0.493 e. The number of para-hydroxylation sites is 3. The molecule has 0 spiro atoms. The lowest BCUT2D eigenvalue weighted by molar-refractivity contribution is -0.120. The standard InChI is InChI=1S/C26H30N4O3S/c1-17(2)20-9-8-12-23-25(20)27-26(34-23)29(13-14-30-19(4)15-18(3)28-30)24(31)16-33-22-11-7-6-10-21(22)32-5/h6-12,15,17H,13-14,16H2,1-5H3. The van der Waals surface area contributed by atoms with Gasteiger partial charge in [0.1, 0.15) is 0 Å². The van der Waals surface area contributed by atoms with Crippen LogP contribution in [0.4, 0.5) is 5.13 Å². The van der Waals surface area contributed by atoms with Crippen LogP contribution in [0.15, 0.2) is 48.5 Å². The number of aromatic nitrogens is 3. The van der Waals surface area contributed by atoms with E-state index < -0.39 is 0 Å². The van der Waals surface area contributed by atoms with E-state index in [0.29, 0.717) is 35.6 Å². The molecule has 0 bridgehead atoms. The Morgan fingerprint density at radius 1 is 1.12 bits per heavy atom. The molecule has 0 aliphatic rings. The SMILES string of the molecule is COc1ccccc1OCC(=O)N(CCn1nc(C)cc1C)c1nc2c(C(C)C)cccc2s1. The fourth-order valence-electron chi connectivity index (χ4n) is 3.92. The van der Waals surface area contributed by atoms with Crippen molar-refractivity contribution in [2.45, 2.75) is 40.2 Å². The Morgan fingerprint density at radius 3 is 2.56 bits per heavy atom. The molecule has 0 N–H and O–H groups in total. The molecule has 8 heteroatoms. The van der Waals surface area contributed by atoms with Gasteiger partial charge in [-0.3, -0.25) is 14.4 Å². The number of rotatable bonds is 9. The highest BCUT2D eigenvalue weighted by Gasteiger charge is 2.22. The Bertz CT molecular complexity index is 1290. The van der Waals surface area contributed by atoms with Gasteiger partial charge in [0.2, 0.25) is 0 Å². The van der Waals surface area contributed by atoms with Crippen molar-refractivity contribution < 1.29 is 14.3 Å². The molecule has 178 valence electrons. The first-order valence-electron chi connectivity index (χ1n) is 11.3. The molecule has 34 heavy (non-hydrogen) atoms. The molecule has 4 rings (SSSR count). The monoisotopic (exact) mass is 478 g/mol. The summed E-state index contributed by atoms with van der Waals surface area (Å²) < 4.78 is 14.2. The van der Waals surface area contributed by atoms with Gasteiger partial charge < -0.3 is 9.47 Å². The Morgan fingerprint density at radius 2 is 1.88 bits per heavy atom. The lowest BCUT2D eigenvalue weighted by Crippen LogP contribution is -2.37. The number of thiazole rings is 1. The molecule has 2 heterocycles. The first-order chi connectivity index (χ1) is 16.4. The average molecular weight is 479 g/mol. The molecule has 7 nitrogen and oxygen atoms in total. The van der Waals surface area contributed by atoms with E-state index in [4.69, 9.17) is 14.5 Å². The Kier molecular flexibility index (Phi) is 7.17. The topological polar surface area (TPSA) is 69.5 Å². The number of carbonyl (C=O) groups excluding carboxylic acids is 1. The number of nitrogens with zero attached hydrogens (tertiary/aromatic N) is 4. The summed E-state index contributed by atoms with van der Waals surface area (Å²) in [6.07, 6.45) is 0. The first kappa shape index (κ1) is 23.8. The van der Waals surface area contributed by atoms with Crippen LogP contribution >= 0.6 is 11.3 Å². The van der Waals surface area contributed by atoms with Crippen molar-refractivity contribution in [2.24, 2.45) is 0 Å². The number of fused-ring (bicyclic) bond motifs is 1. The molecule has 0 saturated heterocycles. The molecule has 0 atom stereocenters. The van der Waals surface area contributed by atoms with E-state index in [1.165, 1.54) is 16.9 Å². The zero-order valence-corrected chi connectivity index (χ0v) is 21.1. The lowest BCUT2D eigenvalue weighted by Gasteiger charge is -2.21. The van der Waals surface area contributed by atoms with Crippen molar-refractivity contribution in [3.8, 4) is 11.5 Å². The first-order valence-corrected chi connectivity index (χ1v) is 12.2. The van der Waals surface area contributed by atoms with E-state index in [0.717, 1.165) is 21.6 Å². The van der Waals surface area contributed by atoms with E-state index in [1.54, 1.807) is 24.1 Å². The minimum absolute atomic E-state index is 0.121. The summed E-state index contributed by atoms with van der Waals surface area (Å²) in [4.78, 5) is 20.0. The summed E-state index contributed by atoms with van der Waals surface area (Å²) in [5.74, 6) is 1.29. The van der Waals surface area contributed by atoms with Crippen molar-refractivity contribution in [3.05, 3.63) is 65.5 Å². The van der Waals surface area contributed by atoms with Gasteiger partial charge in [-0.05, 0) is 49.6 Å². The van der Waals surface area contributed by atoms with Crippen molar-refractivity contribution >= 4 is 32.6 Å². The molecule has 0 fully saturated rings. The summed E-state index contributed by atoms with van der Waals surface area (Å²) in [6.45, 7) is 9.17. The van der Waals surface area contributed by atoms with Crippen LogP contribution in [0.25, 0.3) is 10.2 Å². The van der Waals surface area contributed by atoms with Crippen molar-refractivity contribution in [3.63, 3.8) is 0 Å². The van der Waals surface area contributed by atoms with E-state index >= 15 is 0 Å². The lowest BCUT2D eigenvalue weighted by atomic mass is 10.0. The Labute approximate surface area is 203 Å². The second-order valence-electron chi connectivity index (χ2n) is 8.48. The maximum Gasteiger partial charge on any atom is 0.266 e. The molecule has 0 aliphatic carbocycles. The van der Waals surface area contributed by atoms with Gasteiger partial charge in [-0.15, -0.1) is 0 Å². The number of hydrogen-bond acceptors (Lipinski definition) is 6. The maximum absolute atomic E-state index is 13.4. The summed E-state index contributed by atoms with van der Waals surface area (Å²) >= 11 is 1.52. The summed E-state index contributed by atoms with van der Waals surface area (Å²) in [5, 5.41) is 5.21. The molecule has 0 radical (unpaired) electrons. The van der Waals surface area contributed by atoms with Crippen LogP contribution < -0.4 is 14.4 Å². The summed E-state index contributed by atoms with van der Waals surface area (Å²) in [5.41, 5.74) is 4.14. The molecular formula is C26H30N4O3S. The van der Waals surface area contributed by atoms with Gasteiger partial charge in [0.05, 0.1) is 29.6 Å². The maximum atomic E-state index is 13.4. The molecule has 2 aromatic heterocycles. The number of hydrogen-bond donors (Lipinski definition) is 0.